The largest absolute Gasteiger partial charge is 0.478 e. The fourth-order valence-corrected chi connectivity index (χ4v) is 0.689. The van der Waals surface area contributed by atoms with Gasteiger partial charge in [-0.3, -0.25) is 9.89 Å². The Bertz CT molecular complexity index is 329. The number of amides is 1. The first kappa shape index (κ1) is 8.98. The second-order valence-corrected chi connectivity index (χ2v) is 2.16. The number of hydrogen-bond acceptors (Lipinski definition) is 3. The number of nitrogens with zero attached hydrogens (tertiary/aromatic N) is 2. The van der Waals surface area contributed by atoms with Gasteiger partial charge in [0.1, 0.15) is 0 Å². The molecule has 0 unspecified atom stereocenters. The molecular formula is C7H6N2O4. The quantitative estimate of drug-likeness (QED) is 0.617. The summed E-state index contributed by atoms with van der Waals surface area (Å²) in [6, 6.07) is 0. The smallest absolute Gasteiger partial charge is 0.415 e. The van der Waals surface area contributed by atoms with Gasteiger partial charge in [-0.1, -0.05) is 0 Å². The van der Waals surface area contributed by atoms with Crippen LogP contribution in [0.25, 0.3) is 0 Å². The summed E-state index contributed by atoms with van der Waals surface area (Å²) in [4.78, 5) is 25.2. The number of carbonyl (C=O) groups is 2. The third-order valence-electron chi connectivity index (χ3n) is 1.27. The predicted molar refractivity (Wildman–Crippen MR) is 43.2 cm³/mol. The van der Waals surface area contributed by atoms with Crippen molar-refractivity contribution in [1.29, 1.82) is 0 Å². The first-order valence-electron chi connectivity index (χ1n) is 3.27. The molecule has 0 aliphatic carbocycles. The van der Waals surface area contributed by atoms with Gasteiger partial charge in [-0.05, 0) is 0 Å². The van der Waals surface area contributed by atoms with Crippen LogP contribution in [0.5, 0.6) is 0 Å². The molecule has 1 rings (SSSR count). The number of rotatable bonds is 1. The van der Waals surface area contributed by atoms with E-state index in [0.29, 0.717) is 0 Å². The van der Waals surface area contributed by atoms with Gasteiger partial charge in [0.2, 0.25) is 0 Å². The van der Waals surface area contributed by atoms with Gasteiger partial charge < -0.3 is 10.2 Å². The summed E-state index contributed by atoms with van der Waals surface area (Å²) < 4.78 is 0. The lowest BCUT2D eigenvalue weighted by atomic mass is 10.3. The van der Waals surface area contributed by atoms with Crippen molar-refractivity contribution in [2.45, 2.75) is 0 Å². The minimum atomic E-state index is -1.26. The van der Waals surface area contributed by atoms with E-state index >= 15 is 0 Å². The predicted octanol–water partition coefficient (Wildman–Crippen LogP) is 0.491. The van der Waals surface area contributed by atoms with Gasteiger partial charge >= 0.3 is 12.1 Å². The molecule has 1 amide bonds. The fourth-order valence-electron chi connectivity index (χ4n) is 0.689. The number of aliphatic carboxylic acids is 1. The van der Waals surface area contributed by atoms with Crippen LogP contribution in [0, 0.1) is 0 Å². The molecule has 0 aromatic carbocycles. The molecule has 1 aliphatic heterocycles. The topological polar surface area (TPSA) is 90.2 Å². The van der Waals surface area contributed by atoms with Gasteiger partial charge in [-0.25, -0.2) is 9.59 Å². The minimum Gasteiger partial charge on any atom is -0.478 e. The monoisotopic (exact) mass is 182 g/mol. The van der Waals surface area contributed by atoms with Crippen molar-refractivity contribution in [3.05, 3.63) is 24.2 Å². The standard InChI is InChI=1S/C7H6N2O4/c10-6(11)5-3-8-1-2-9(4-5)7(12)13/h1-4H,(H,10,11)(H,12,13). The first-order valence-corrected chi connectivity index (χ1v) is 3.27. The maximum Gasteiger partial charge on any atom is 0.415 e. The Kier molecular flexibility index (Phi) is 2.44. The van der Waals surface area contributed by atoms with Crippen molar-refractivity contribution in [3.63, 3.8) is 0 Å². The Morgan fingerprint density at radius 3 is 2.62 bits per heavy atom. The number of carboxylic acid groups (broad SMARTS) is 2. The SMILES string of the molecule is O=C(O)C1=CN(C(=O)O)C=CN=C1. The third-order valence-corrected chi connectivity index (χ3v) is 1.27. The molecule has 0 aromatic heterocycles. The number of carboxylic acids is 1. The summed E-state index contributed by atoms with van der Waals surface area (Å²) >= 11 is 0. The molecule has 0 radical (unpaired) electrons. The fraction of sp³-hybridized carbons (Fsp3) is 0. The van der Waals surface area contributed by atoms with Crippen LogP contribution in [0.3, 0.4) is 0 Å². The van der Waals surface area contributed by atoms with Crippen molar-refractivity contribution in [1.82, 2.24) is 4.90 Å². The van der Waals surface area contributed by atoms with Crippen LogP contribution in [0.1, 0.15) is 0 Å². The van der Waals surface area contributed by atoms with Gasteiger partial charge in [0.25, 0.3) is 0 Å². The summed E-state index contributed by atoms with van der Waals surface area (Å²) in [5.41, 5.74) is -0.188. The Balaban J connectivity index is 2.97. The summed E-state index contributed by atoms with van der Waals surface area (Å²) in [5, 5.41) is 17.1. The lowest BCUT2D eigenvalue weighted by Crippen LogP contribution is -2.18. The second kappa shape index (κ2) is 3.53. The Hall–Kier alpha value is -2.11. The molecule has 1 aliphatic rings. The molecule has 68 valence electrons. The zero-order valence-corrected chi connectivity index (χ0v) is 6.41. The van der Waals surface area contributed by atoms with E-state index in [2.05, 4.69) is 4.99 Å². The van der Waals surface area contributed by atoms with E-state index in [1.807, 2.05) is 0 Å². The molecule has 0 atom stereocenters. The zero-order chi connectivity index (χ0) is 9.84. The van der Waals surface area contributed by atoms with Gasteiger partial charge in [0, 0.05) is 24.8 Å². The highest BCUT2D eigenvalue weighted by Crippen LogP contribution is 2.02. The molecule has 2 N–H and O–H groups in total. The normalized spacial score (nSPS) is 15.1. The lowest BCUT2D eigenvalue weighted by molar-refractivity contribution is -0.132. The average Bonchev–Trinajstić information content (AvgIpc) is 2.28. The molecule has 6 heteroatoms. The van der Waals surface area contributed by atoms with Crippen molar-refractivity contribution in [2.75, 3.05) is 0 Å². The molecule has 13 heavy (non-hydrogen) atoms. The van der Waals surface area contributed by atoms with Crippen molar-refractivity contribution in [3.8, 4) is 0 Å². The minimum absolute atomic E-state index is 0.188. The number of hydrogen-bond donors (Lipinski definition) is 2. The molecule has 6 nitrogen and oxygen atoms in total. The van der Waals surface area contributed by atoms with E-state index in [9.17, 15) is 9.59 Å². The van der Waals surface area contributed by atoms with Crippen LogP contribution in [0.15, 0.2) is 29.2 Å². The van der Waals surface area contributed by atoms with E-state index in [-0.39, 0.29) is 5.57 Å². The van der Waals surface area contributed by atoms with E-state index in [4.69, 9.17) is 10.2 Å². The summed E-state index contributed by atoms with van der Waals surface area (Å²) in [7, 11) is 0. The van der Waals surface area contributed by atoms with Gasteiger partial charge in [0.15, 0.2) is 0 Å². The Labute approximate surface area is 73.1 Å². The highest BCUT2D eigenvalue weighted by Gasteiger charge is 2.12. The highest BCUT2D eigenvalue weighted by atomic mass is 16.4. The lowest BCUT2D eigenvalue weighted by Gasteiger charge is -2.06. The van der Waals surface area contributed by atoms with Crippen LogP contribution in [0.4, 0.5) is 4.79 Å². The first-order chi connectivity index (χ1) is 6.11. The molecule has 1 heterocycles. The molecule has 0 saturated carbocycles. The van der Waals surface area contributed by atoms with Crippen LogP contribution in [-0.4, -0.2) is 33.4 Å². The molecule has 0 aromatic rings. The summed E-state index contributed by atoms with van der Waals surface area (Å²) in [6.07, 6.45) is 3.12. The summed E-state index contributed by atoms with van der Waals surface area (Å²) in [6.45, 7) is 0. The molecule has 0 saturated heterocycles. The van der Waals surface area contributed by atoms with E-state index in [0.717, 1.165) is 23.5 Å². The van der Waals surface area contributed by atoms with Crippen molar-refractivity contribution in [2.24, 2.45) is 4.99 Å². The van der Waals surface area contributed by atoms with Crippen molar-refractivity contribution >= 4 is 18.3 Å². The highest BCUT2D eigenvalue weighted by molar-refractivity contribution is 6.09. The van der Waals surface area contributed by atoms with Crippen LogP contribution in [-0.2, 0) is 4.79 Å². The molecule has 0 fully saturated rings. The van der Waals surface area contributed by atoms with E-state index in [1.165, 1.54) is 6.20 Å². The van der Waals surface area contributed by atoms with E-state index in [1.54, 1.807) is 0 Å². The van der Waals surface area contributed by atoms with Gasteiger partial charge in [0.05, 0.1) is 5.57 Å². The zero-order valence-electron chi connectivity index (χ0n) is 6.41. The molecular weight excluding hydrogens is 176 g/mol. The average molecular weight is 182 g/mol. The maximum absolute atomic E-state index is 10.5. The van der Waals surface area contributed by atoms with Crippen molar-refractivity contribution < 1.29 is 19.8 Å². The molecule has 0 bridgehead atoms. The van der Waals surface area contributed by atoms with Gasteiger partial charge in [-0.2, -0.15) is 0 Å². The molecule has 0 spiro atoms. The third kappa shape index (κ3) is 2.16. The van der Waals surface area contributed by atoms with Crippen LogP contribution in [0.2, 0.25) is 0 Å². The second-order valence-electron chi connectivity index (χ2n) is 2.16. The maximum atomic E-state index is 10.5. The Morgan fingerprint density at radius 1 is 1.38 bits per heavy atom. The van der Waals surface area contributed by atoms with E-state index < -0.39 is 12.1 Å². The van der Waals surface area contributed by atoms with Crippen LogP contribution >= 0.6 is 0 Å². The van der Waals surface area contributed by atoms with Crippen LogP contribution < -0.4 is 0 Å². The van der Waals surface area contributed by atoms with Gasteiger partial charge in [-0.15, -0.1) is 0 Å². The summed E-state index contributed by atoms with van der Waals surface area (Å²) in [5.74, 6) is -1.22. The number of aliphatic imine (C=N–C) groups is 1. The Morgan fingerprint density at radius 2 is 2.08 bits per heavy atom.